The van der Waals surface area contributed by atoms with Crippen LogP contribution in [0.2, 0.25) is 0 Å². The van der Waals surface area contributed by atoms with Crippen LogP contribution in [0.25, 0.3) is 0 Å². The smallest absolute Gasteiger partial charge is 0.378 e. The summed E-state index contributed by atoms with van der Waals surface area (Å²) in [5.74, 6) is 0. The SMILES string of the molecule is Cn1cncc1CNc1ccccc1SC(F)(F)F. The summed E-state index contributed by atoms with van der Waals surface area (Å²) in [6.45, 7) is 0.423. The Hall–Kier alpha value is -1.63. The lowest BCUT2D eigenvalue weighted by molar-refractivity contribution is -0.0327. The van der Waals surface area contributed by atoms with E-state index in [1.807, 2.05) is 11.6 Å². The fourth-order valence-corrected chi connectivity index (χ4v) is 2.21. The van der Waals surface area contributed by atoms with Crippen molar-refractivity contribution in [2.75, 3.05) is 5.32 Å². The average molecular weight is 287 g/mol. The van der Waals surface area contributed by atoms with Gasteiger partial charge in [-0.15, -0.1) is 0 Å². The largest absolute Gasteiger partial charge is 0.446 e. The molecule has 0 bridgehead atoms. The minimum absolute atomic E-state index is 0.116. The number of thioether (sulfide) groups is 1. The maximum absolute atomic E-state index is 12.4. The molecule has 0 unspecified atom stereocenters. The van der Waals surface area contributed by atoms with E-state index >= 15 is 0 Å². The maximum Gasteiger partial charge on any atom is 0.446 e. The van der Waals surface area contributed by atoms with Crippen molar-refractivity contribution in [2.45, 2.75) is 16.9 Å². The van der Waals surface area contributed by atoms with Gasteiger partial charge in [-0.3, -0.25) is 0 Å². The molecule has 0 aliphatic carbocycles. The molecule has 0 fully saturated rings. The number of imidazole rings is 1. The second kappa shape index (κ2) is 5.56. The molecule has 0 atom stereocenters. The number of halogens is 3. The van der Waals surface area contributed by atoms with Crippen molar-refractivity contribution in [3.63, 3.8) is 0 Å². The molecule has 0 saturated carbocycles. The van der Waals surface area contributed by atoms with Crippen LogP contribution in [0.15, 0.2) is 41.7 Å². The van der Waals surface area contributed by atoms with E-state index in [9.17, 15) is 13.2 Å². The third-order valence-electron chi connectivity index (χ3n) is 2.49. The van der Waals surface area contributed by atoms with Gasteiger partial charge in [0.1, 0.15) is 0 Å². The second-order valence-corrected chi connectivity index (χ2v) is 5.00. The van der Waals surface area contributed by atoms with Gasteiger partial charge in [0.15, 0.2) is 0 Å². The average Bonchev–Trinajstić information content (AvgIpc) is 2.72. The van der Waals surface area contributed by atoms with Crippen LogP contribution in [0.4, 0.5) is 18.9 Å². The normalized spacial score (nSPS) is 11.6. The molecule has 2 rings (SSSR count). The van der Waals surface area contributed by atoms with Gasteiger partial charge < -0.3 is 9.88 Å². The summed E-state index contributed by atoms with van der Waals surface area (Å²) in [6.07, 6.45) is 3.32. The first kappa shape index (κ1) is 13.8. The first-order valence-corrected chi connectivity index (χ1v) is 6.31. The first-order chi connectivity index (χ1) is 8.96. The molecule has 0 aliphatic rings. The number of hydrogen-bond donors (Lipinski definition) is 1. The molecule has 102 valence electrons. The van der Waals surface area contributed by atoms with Gasteiger partial charge in [0.25, 0.3) is 0 Å². The first-order valence-electron chi connectivity index (χ1n) is 5.49. The van der Waals surface area contributed by atoms with E-state index in [0.717, 1.165) is 5.69 Å². The monoisotopic (exact) mass is 287 g/mol. The van der Waals surface area contributed by atoms with Crippen molar-refractivity contribution in [1.29, 1.82) is 0 Å². The van der Waals surface area contributed by atoms with E-state index in [2.05, 4.69) is 10.3 Å². The highest BCUT2D eigenvalue weighted by molar-refractivity contribution is 8.00. The van der Waals surface area contributed by atoms with Crippen LogP contribution in [0.3, 0.4) is 0 Å². The fourth-order valence-electron chi connectivity index (χ4n) is 1.57. The van der Waals surface area contributed by atoms with Crippen LogP contribution in [0, 0.1) is 0 Å². The molecule has 19 heavy (non-hydrogen) atoms. The Morgan fingerprint density at radius 3 is 2.68 bits per heavy atom. The zero-order valence-corrected chi connectivity index (χ0v) is 10.9. The Morgan fingerprint density at radius 1 is 1.32 bits per heavy atom. The number of aryl methyl sites for hydroxylation is 1. The number of benzene rings is 1. The lowest BCUT2D eigenvalue weighted by Gasteiger charge is -2.13. The van der Waals surface area contributed by atoms with Crippen molar-refractivity contribution in [2.24, 2.45) is 7.05 Å². The summed E-state index contributed by atoms with van der Waals surface area (Å²) in [7, 11) is 1.83. The van der Waals surface area contributed by atoms with Crippen LogP contribution in [0.5, 0.6) is 0 Å². The summed E-state index contributed by atoms with van der Waals surface area (Å²) in [5, 5.41) is 3.00. The summed E-state index contributed by atoms with van der Waals surface area (Å²) >= 11 is -0.116. The molecule has 1 heterocycles. The van der Waals surface area contributed by atoms with Crippen molar-refractivity contribution < 1.29 is 13.2 Å². The highest BCUT2D eigenvalue weighted by atomic mass is 32.2. The second-order valence-electron chi connectivity index (χ2n) is 3.89. The molecule has 0 aliphatic heterocycles. The quantitative estimate of drug-likeness (QED) is 0.871. The van der Waals surface area contributed by atoms with Gasteiger partial charge in [-0.1, -0.05) is 12.1 Å². The van der Waals surface area contributed by atoms with Crippen LogP contribution < -0.4 is 5.32 Å². The number of rotatable bonds is 4. The molecule has 7 heteroatoms. The molecule has 0 radical (unpaired) electrons. The summed E-state index contributed by atoms with van der Waals surface area (Å²) < 4.78 is 39.1. The highest BCUT2D eigenvalue weighted by Gasteiger charge is 2.30. The van der Waals surface area contributed by atoms with Crippen molar-refractivity contribution in [1.82, 2.24) is 9.55 Å². The van der Waals surface area contributed by atoms with E-state index in [0.29, 0.717) is 12.2 Å². The molecule has 1 aromatic carbocycles. The summed E-state index contributed by atoms with van der Waals surface area (Å²) in [4.78, 5) is 4.12. The van der Waals surface area contributed by atoms with Gasteiger partial charge in [-0.05, 0) is 23.9 Å². The third kappa shape index (κ3) is 3.92. The van der Waals surface area contributed by atoms with E-state index in [4.69, 9.17) is 0 Å². The number of anilines is 1. The van der Waals surface area contributed by atoms with Crippen LogP contribution in [0.1, 0.15) is 5.69 Å². The van der Waals surface area contributed by atoms with E-state index in [-0.39, 0.29) is 16.7 Å². The minimum Gasteiger partial charge on any atom is -0.378 e. The van der Waals surface area contributed by atoms with Crippen molar-refractivity contribution in [3.05, 3.63) is 42.5 Å². The third-order valence-corrected chi connectivity index (χ3v) is 3.30. The number of hydrogen-bond acceptors (Lipinski definition) is 3. The Bertz CT molecular complexity index is 551. The number of aromatic nitrogens is 2. The minimum atomic E-state index is -4.29. The Morgan fingerprint density at radius 2 is 2.05 bits per heavy atom. The van der Waals surface area contributed by atoms with E-state index in [1.165, 1.54) is 6.07 Å². The lowest BCUT2D eigenvalue weighted by Crippen LogP contribution is -2.06. The van der Waals surface area contributed by atoms with Gasteiger partial charge in [-0.25, -0.2) is 4.98 Å². The Balaban J connectivity index is 2.10. The van der Waals surface area contributed by atoms with Gasteiger partial charge in [-0.2, -0.15) is 13.2 Å². The van der Waals surface area contributed by atoms with E-state index in [1.54, 1.807) is 30.7 Å². The molecule has 3 nitrogen and oxygen atoms in total. The fraction of sp³-hybridized carbons (Fsp3) is 0.250. The number of nitrogens with one attached hydrogen (secondary N) is 1. The molecular formula is C12H12F3N3S. The summed E-state index contributed by atoms with van der Waals surface area (Å²) in [5.41, 5.74) is -2.93. The molecule has 0 spiro atoms. The zero-order chi connectivity index (χ0) is 13.9. The number of para-hydroxylation sites is 1. The molecule has 0 saturated heterocycles. The molecule has 1 aromatic heterocycles. The van der Waals surface area contributed by atoms with E-state index < -0.39 is 5.51 Å². The molecule has 2 aromatic rings. The highest BCUT2D eigenvalue weighted by Crippen LogP contribution is 2.40. The van der Waals surface area contributed by atoms with Gasteiger partial charge in [0.2, 0.25) is 0 Å². The predicted octanol–water partition coefficient (Wildman–Crippen LogP) is 3.64. The van der Waals surface area contributed by atoms with Crippen LogP contribution in [-0.2, 0) is 13.6 Å². The lowest BCUT2D eigenvalue weighted by atomic mass is 10.3. The van der Waals surface area contributed by atoms with Crippen molar-refractivity contribution in [3.8, 4) is 0 Å². The van der Waals surface area contributed by atoms with Crippen molar-refractivity contribution >= 4 is 17.4 Å². The molecule has 1 N–H and O–H groups in total. The number of nitrogens with zero attached hydrogens (tertiary/aromatic N) is 2. The van der Waals surface area contributed by atoms with Gasteiger partial charge in [0, 0.05) is 23.8 Å². The topological polar surface area (TPSA) is 29.9 Å². The zero-order valence-electron chi connectivity index (χ0n) is 10.1. The Labute approximate surface area is 112 Å². The standard InChI is InChI=1S/C12H12F3N3S/c1-18-8-16-6-9(18)7-17-10-4-2-3-5-11(10)19-12(13,14)15/h2-6,8,17H,7H2,1H3. The summed E-state index contributed by atoms with van der Waals surface area (Å²) in [6, 6.07) is 6.36. The molecule has 0 amide bonds. The maximum atomic E-state index is 12.4. The van der Waals surface area contributed by atoms with Gasteiger partial charge in [0.05, 0.1) is 18.6 Å². The van der Waals surface area contributed by atoms with Crippen LogP contribution in [-0.4, -0.2) is 15.1 Å². The number of alkyl halides is 3. The van der Waals surface area contributed by atoms with Gasteiger partial charge >= 0.3 is 5.51 Å². The molecular weight excluding hydrogens is 275 g/mol. The Kier molecular flexibility index (Phi) is 4.04. The van der Waals surface area contributed by atoms with Crippen LogP contribution >= 0.6 is 11.8 Å². The predicted molar refractivity (Wildman–Crippen MR) is 68.9 cm³/mol.